The van der Waals surface area contributed by atoms with Crippen molar-refractivity contribution in [3.8, 4) is 17.2 Å². The second-order valence-electron chi connectivity index (χ2n) is 8.00. The average Bonchev–Trinajstić information content (AvgIpc) is 2.77. The Morgan fingerprint density at radius 2 is 1.77 bits per heavy atom. The lowest BCUT2D eigenvalue weighted by Gasteiger charge is -2.41. The Bertz CT molecular complexity index is 842. The van der Waals surface area contributed by atoms with Crippen molar-refractivity contribution < 1.29 is 19.3 Å². The second-order valence-corrected chi connectivity index (χ2v) is 8.00. The van der Waals surface area contributed by atoms with Gasteiger partial charge in [0.05, 0.1) is 20.8 Å². The maximum atomic E-state index is 9.69. The number of ether oxygens (including phenoxy) is 3. The Morgan fingerprint density at radius 3 is 2.48 bits per heavy atom. The number of aliphatic hydroxyl groups excluding tert-OH is 1. The zero-order valence-electron chi connectivity index (χ0n) is 19.3. The van der Waals surface area contributed by atoms with Crippen LogP contribution in [0.25, 0.3) is 0 Å². The van der Waals surface area contributed by atoms with E-state index in [0.717, 1.165) is 62.0 Å². The molecule has 170 valence electrons. The molecule has 31 heavy (non-hydrogen) atoms. The fraction of sp³-hybridized carbons (Fsp3) is 0.520. The molecule has 0 amide bonds. The lowest BCUT2D eigenvalue weighted by Crippen LogP contribution is -2.52. The van der Waals surface area contributed by atoms with Crippen LogP contribution in [-0.2, 0) is 13.1 Å². The molecule has 1 heterocycles. The number of hydrogen-bond acceptors (Lipinski definition) is 6. The van der Waals surface area contributed by atoms with Gasteiger partial charge in [0.25, 0.3) is 0 Å². The fourth-order valence-corrected chi connectivity index (χ4v) is 4.48. The molecule has 3 rings (SSSR count). The van der Waals surface area contributed by atoms with Gasteiger partial charge in [-0.1, -0.05) is 24.3 Å². The van der Waals surface area contributed by atoms with Gasteiger partial charge in [0.15, 0.2) is 0 Å². The monoisotopic (exact) mass is 428 g/mol. The Balaban J connectivity index is 1.71. The lowest BCUT2D eigenvalue weighted by molar-refractivity contribution is 0.0490. The van der Waals surface area contributed by atoms with E-state index in [4.69, 9.17) is 14.2 Å². The number of methoxy groups -OCH3 is 2. The molecule has 1 saturated heterocycles. The maximum absolute atomic E-state index is 9.69. The molecule has 0 bridgehead atoms. The van der Waals surface area contributed by atoms with E-state index in [1.807, 2.05) is 32.0 Å². The molecule has 0 aliphatic carbocycles. The second kappa shape index (κ2) is 11.4. The topological polar surface area (TPSA) is 54.4 Å². The van der Waals surface area contributed by atoms with Crippen LogP contribution < -0.4 is 14.2 Å². The third-order valence-electron chi connectivity index (χ3n) is 6.05. The van der Waals surface area contributed by atoms with E-state index in [1.54, 1.807) is 14.2 Å². The zero-order valence-corrected chi connectivity index (χ0v) is 19.3. The number of nitrogens with zero attached hydrogens (tertiary/aromatic N) is 2. The van der Waals surface area contributed by atoms with Crippen LogP contribution in [0.3, 0.4) is 0 Å². The summed E-state index contributed by atoms with van der Waals surface area (Å²) < 4.78 is 17.0. The Hall–Kier alpha value is -2.28. The predicted octanol–water partition coefficient (Wildman–Crippen LogP) is 3.48. The molecule has 1 N–H and O–H groups in total. The van der Waals surface area contributed by atoms with Gasteiger partial charge >= 0.3 is 0 Å². The van der Waals surface area contributed by atoms with Gasteiger partial charge < -0.3 is 19.3 Å². The summed E-state index contributed by atoms with van der Waals surface area (Å²) in [5, 5.41) is 9.69. The molecule has 2 aromatic rings. The quantitative estimate of drug-likeness (QED) is 0.625. The molecule has 0 radical (unpaired) electrons. The molecular formula is C25H36N2O4. The Labute approximate surface area is 186 Å². The van der Waals surface area contributed by atoms with Crippen LogP contribution in [0.15, 0.2) is 36.4 Å². The van der Waals surface area contributed by atoms with Crippen molar-refractivity contribution in [3.05, 3.63) is 53.1 Å². The van der Waals surface area contributed by atoms with Crippen molar-refractivity contribution in [3.63, 3.8) is 0 Å². The summed E-state index contributed by atoms with van der Waals surface area (Å²) in [6.45, 7) is 9.36. The molecule has 1 aliphatic rings. The van der Waals surface area contributed by atoms with Gasteiger partial charge in [-0.2, -0.15) is 0 Å². The number of piperazine rings is 1. The van der Waals surface area contributed by atoms with Gasteiger partial charge in [0.1, 0.15) is 17.2 Å². The number of benzene rings is 2. The molecule has 0 saturated carbocycles. The van der Waals surface area contributed by atoms with E-state index in [0.29, 0.717) is 12.6 Å². The van der Waals surface area contributed by atoms with Crippen LogP contribution >= 0.6 is 0 Å². The van der Waals surface area contributed by atoms with Crippen LogP contribution in [0.1, 0.15) is 30.0 Å². The van der Waals surface area contributed by atoms with Crippen molar-refractivity contribution in [1.82, 2.24) is 9.80 Å². The van der Waals surface area contributed by atoms with Gasteiger partial charge in [-0.3, -0.25) is 9.80 Å². The highest BCUT2D eigenvalue weighted by atomic mass is 16.5. The van der Waals surface area contributed by atoms with E-state index in [9.17, 15) is 5.11 Å². The average molecular weight is 429 g/mol. The highest BCUT2D eigenvalue weighted by molar-refractivity contribution is 5.49. The molecular weight excluding hydrogens is 392 g/mol. The summed E-state index contributed by atoms with van der Waals surface area (Å²) in [6.07, 6.45) is 0.756. The molecule has 6 heteroatoms. The van der Waals surface area contributed by atoms with E-state index in [-0.39, 0.29) is 6.61 Å². The highest BCUT2D eigenvalue weighted by Gasteiger charge is 2.28. The van der Waals surface area contributed by atoms with E-state index in [2.05, 4.69) is 28.0 Å². The summed E-state index contributed by atoms with van der Waals surface area (Å²) in [4.78, 5) is 4.93. The molecule has 1 aliphatic heterocycles. The van der Waals surface area contributed by atoms with Crippen LogP contribution in [0.5, 0.6) is 17.2 Å². The van der Waals surface area contributed by atoms with Gasteiger partial charge in [0, 0.05) is 62.1 Å². The van der Waals surface area contributed by atoms with Crippen LogP contribution in [0.2, 0.25) is 0 Å². The molecule has 0 spiro atoms. The molecule has 0 aromatic heterocycles. The smallest absolute Gasteiger partial charge is 0.129 e. The number of hydrogen-bond donors (Lipinski definition) is 1. The Kier molecular flexibility index (Phi) is 8.58. The zero-order chi connectivity index (χ0) is 22.2. The van der Waals surface area contributed by atoms with Crippen molar-refractivity contribution in [2.45, 2.75) is 39.4 Å². The molecule has 1 fully saturated rings. The number of rotatable bonds is 10. The normalized spacial score (nSPS) is 17.5. The SMILES string of the molecule is CCOc1ccccc1CN1CCN(Cc2ccc(OC)c(C)c2OC)C[C@@H]1CCO. The van der Waals surface area contributed by atoms with Crippen molar-refractivity contribution in [1.29, 1.82) is 0 Å². The first-order valence-electron chi connectivity index (χ1n) is 11.1. The van der Waals surface area contributed by atoms with Gasteiger partial charge in [-0.15, -0.1) is 0 Å². The first-order chi connectivity index (χ1) is 15.1. The van der Waals surface area contributed by atoms with E-state index < -0.39 is 0 Å². The summed E-state index contributed by atoms with van der Waals surface area (Å²) in [6, 6.07) is 12.6. The third kappa shape index (κ3) is 5.70. The van der Waals surface area contributed by atoms with Crippen LogP contribution in [-0.4, -0.2) is 68.0 Å². The summed E-state index contributed by atoms with van der Waals surface area (Å²) in [7, 11) is 3.40. The first-order valence-corrected chi connectivity index (χ1v) is 11.1. The predicted molar refractivity (Wildman–Crippen MR) is 123 cm³/mol. The van der Waals surface area contributed by atoms with E-state index in [1.165, 1.54) is 11.1 Å². The lowest BCUT2D eigenvalue weighted by atomic mass is 10.0. The number of aliphatic hydroxyl groups is 1. The third-order valence-corrected chi connectivity index (χ3v) is 6.05. The van der Waals surface area contributed by atoms with E-state index >= 15 is 0 Å². The minimum Gasteiger partial charge on any atom is -0.496 e. The first kappa shape index (κ1) is 23.4. The highest BCUT2D eigenvalue weighted by Crippen LogP contribution is 2.32. The number of para-hydroxylation sites is 1. The van der Waals surface area contributed by atoms with Crippen LogP contribution in [0.4, 0.5) is 0 Å². The minimum atomic E-state index is 0.188. The molecule has 1 atom stereocenters. The largest absolute Gasteiger partial charge is 0.496 e. The summed E-state index contributed by atoms with van der Waals surface area (Å²) >= 11 is 0. The summed E-state index contributed by atoms with van der Waals surface area (Å²) in [5.41, 5.74) is 3.40. The minimum absolute atomic E-state index is 0.188. The Morgan fingerprint density at radius 1 is 0.968 bits per heavy atom. The van der Waals surface area contributed by atoms with Crippen molar-refractivity contribution in [2.24, 2.45) is 0 Å². The standard InChI is InChI=1S/C25H36N2O4/c1-5-31-24-9-7-6-8-20(24)17-27-14-13-26(18-22(27)12-15-28)16-21-10-11-23(29-3)19(2)25(21)30-4/h6-11,22,28H,5,12-18H2,1-4H3/t22-/m0/s1. The fourth-order valence-electron chi connectivity index (χ4n) is 4.48. The van der Waals surface area contributed by atoms with Crippen molar-refractivity contribution in [2.75, 3.05) is 47.1 Å². The van der Waals surface area contributed by atoms with Crippen molar-refractivity contribution >= 4 is 0 Å². The summed E-state index contributed by atoms with van der Waals surface area (Å²) in [5.74, 6) is 2.69. The molecule has 6 nitrogen and oxygen atoms in total. The van der Waals surface area contributed by atoms with Gasteiger partial charge in [-0.25, -0.2) is 0 Å². The maximum Gasteiger partial charge on any atom is 0.129 e. The molecule has 0 unspecified atom stereocenters. The van der Waals surface area contributed by atoms with Gasteiger partial charge in [-0.05, 0) is 32.4 Å². The van der Waals surface area contributed by atoms with Gasteiger partial charge in [0.2, 0.25) is 0 Å². The van der Waals surface area contributed by atoms with Crippen LogP contribution in [0, 0.1) is 6.92 Å². The molecule has 2 aromatic carbocycles.